The average molecular weight is 466 g/mol. The molecule has 2 atom stereocenters. The van der Waals surface area contributed by atoms with Gasteiger partial charge in [0, 0.05) is 49.4 Å². The third-order valence-electron chi connectivity index (χ3n) is 5.34. The van der Waals surface area contributed by atoms with Crippen LogP contribution in [0.1, 0.15) is 11.3 Å². The van der Waals surface area contributed by atoms with Gasteiger partial charge in [-0.2, -0.15) is 0 Å². The summed E-state index contributed by atoms with van der Waals surface area (Å²) < 4.78 is 19.3. The fourth-order valence-corrected chi connectivity index (χ4v) is 3.81. The van der Waals surface area contributed by atoms with Crippen LogP contribution in [-0.4, -0.2) is 64.4 Å². The third kappa shape index (κ3) is 5.88. The number of rotatable bonds is 7. The van der Waals surface area contributed by atoms with Gasteiger partial charge in [-0.25, -0.2) is 14.2 Å². The molecule has 0 aromatic carbocycles. The van der Waals surface area contributed by atoms with E-state index in [0.29, 0.717) is 30.2 Å². The maximum absolute atomic E-state index is 13.4. The lowest BCUT2D eigenvalue weighted by atomic mass is 10.2. The maximum atomic E-state index is 13.4. The van der Waals surface area contributed by atoms with Crippen molar-refractivity contribution in [3.05, 3.63) is 66.1 Å². The zero-order valence-corrected chi connectivity index (χ0v) is 18.8. The van der Waals surface area contributed by atoms with Crippen LogP contribution >= 0.6 is 0 Å². The number of likely N-dealkylation sites (N-methyl/N-ethyl adjacent to an activating group) is 1. The molecule has 176 valence electrons. The van der Waals surface area contributed by atoms with E-state index >= 15 is 0 Å². The predicted molar refractivity (Wildman–Crippen MR) is 124 cm³/mol. The second-order valence-electron chi connectivity index (χ2n) is 8.14. The number of urea groups is 1. The van der Waals surface area contributed by atoms with Crippen molar-refractivity contribution in [2.45, 2.75) is 19.1 Å². The number of ether oxygens (including phenoxy) is 1. The zero-order chi connectivity index (χ0) is 24.1. The number of amides is 2. The van der Waals surface area contributed by atoms with Crippen molar-refractivity contribution in [3.63, 3.8) is 0 Å². The van der Waals surface area contributed by atoms with E-state index in [9.17, 15) is 9.18 Å². The summed E-state index contributed by atoms with van der Waals surface area (Å²) in [6, 6.07) is 5.94. The van der Waals surface area contributed by atoms with E-state index in [2.05, 4.69) is 25.6 Å². The number of hydrogen-bond acceptors (Lipinski definition) is 7. The first-order chi connectivity index (χ1) is 16.4. The number of aromatic nitrogens is 3. The van der Waals surface area contributed by atoms with Crippen molar-refractivity contribution in [1.82, 2.24) is 25.2 Å². The van der Waals surface area contributed by atoms with Gasteiger partial charge < -0.3 is 20.4 Å². The molecular weight excluding hydrogens is 439 g/mol. The van der Waals surface area contributed by atoms with Crippen LogP contribution in [0.5, 0.6) is 5.75 Å². The minimum atomic E-state index is -0.487. The topological polar surface area (TPSA) is 133 Å². The van der Waals surface area contributed by atoms with Crippen LogP contribution in [0.2, 0.25) is 0 Å². The van der Waals surface area contributed by atoms with E-state index in [4.69, 9.17) is 10.1 Å². The maximum Gasteiger partial charge on any atom is 0.320 e. The van der Waals surface area contributed by atoms with Gasteiger partial charge in [-0.1, -0.05) is 0 Å². The van der Waals surface area contributed by atoms with Crippen molar-refractivity contribution in [2.75, 3.05) is 25.5 Å². The monoisotopic (exact) mass is 465 g/mol. The Balaban J connectivity index is 1.40. The highest BCUT2D eigenvalue weighted by atomic mass is 19.1. The Labute approximate surface area is 196 Å². The van der Waals surface area contributed by atoms with Crippen LogP contribution in [0.25, 0.3) is 0 Å². The van der Waals surface area contributed by atoms with Crippen LogP contribution < -0.4 is 20.7 Å². The molecule has 0 radical (unpaired) electrons. The third-order valence-corrected chi connectivity index (χ3v) is 5.34. The summed E-state index contributed by atoms with van der Waals surface area (Å²) in [5, 5.41) is 15.3. The molecule has 0 saturated carbocycles. The molecule has 4 heterocycles. The number of likely N-dealkylation sites (tertiary alicyclic amines) is 1. The summed E-state index contributed by atoms with van der Waals surface area (Å²) in [6.45, 7) is 3.04. The summed E-state index contributed by atoms with van der Waals surface area (Å²) in [5.74, 6) is 0.136. The van der Waals surface area contributed by atoms with E-state index in [1.54, 1.807) is 18.5 Å². The number of nitrogens with one attached hydrogen (secondary N) is 3. The summed E-state index contributed by atoms with van der Waals surface area (Å²) in [4.78, 5) is 27.0. The number of nitrogens with zero attached hydrogens (tertiary/aromatic N) is 4. The molecule has 0 spiro atoms. The Kier molecular flexibility index (Phi) is 7.04. The largest absolute Gasteiger partial charge is 0.485 e. The molecule has 0 aliphatic carbocycles. The average Bonchev–Trinajstić information content (AvgIpc) is 3.13. The van der Waals surface area contributed by atoms with E-state index < -0.39 is 11.8 Å². The summed E-state index contributed by atoms with van der Waals surface area (Å²) in [6.07, 6.45) is 6.72. The molecule has 11 heteroatoms. The van der Waals surface area contributed by atoms with Crippen LogP contribution in [-0.2, 0) is 0 Å². The Hall–Kier alpha value is -3.96. The van der Waals surface area contributed by atoms with Crippen LogP contribution in [0.3, 0.4) is 0 Å². The zero-order valence-electron chi connectivity index (χ0n) is 18.8. The number of anilines is 1. The van der Waals surface area contributed by atoms with Gasteiger partial charge in [-0.15, -0.1) is 0 Å². The molecule has 4 rings (SSSR count). The highest BCUT2D eigenvalue weighted by Gasteiger charge is 2.34. The minimum Gasteiger partial charge on any atom is -0.485 e. The van der Waals surface area contributed by atoms with E-state index in [0.717, 1.165) is 23.3 Å². The Morgan fingerprint density at radius 3 is 2.88 bits per heavy atom. The molecule has 1 aliphatic heterocycles. The second-order valence-corrected chi connectivity index (χ2v) is 8.14. The lowest BCUT2D eigenvalue weighted by Crippen LogP contribution is -2.71. The van der Waals surface area contributed by atoms with Gasteiger partial charge in [0.05, 0.1) is 30.2 Å². The SMILES string of the molecule is Cc1cc([NH2+]c2cnc(NC(=O)N[C@H]3CN(C)C[C@@H]3Oc3cncc(F)c3)cc2C=N)ccn1. The van der Waals surface area contributed by atoms with Gasteiger partial charge in [0.1, 0.15) is 29.2 Å². The lowest BCUT2D eigenvalue weighted by Gasteiger charge is -2.21. The van der Waals surface area contributed by atoms with E-state index in [1.165, 1.54) is 18.5 Å². The summed E-state index contributed by atoms with van der Waals surface area (Å²) in [7, 11) is 1.91. The molecule has 0 bridgehead atoms. The van der Waals surface area contributed by atoms with Crippen LogP contribution in [0.15, 0.2) is 49.1 Å². The van der Waals surface area contributed by atoms with E-state index in [1.807, 2.05) is 36.3 Å². The molecular formula is C23H26FN8O2+. The highest BCUT2D eigenvalue weighted by molar-refractivity contribution is 5.91. The summed E-state index contributed by atoms with van der Waals surface area (Å²) >= 11 is 0. The fourth-order valence-electron chi connectivity index (χ4n) is 3.81. The first-order valence-electron chi connectivity index (χ1n) is 10.7. The highest BCUT2D eigenvalue weighted by Crippen LogP contribution is 2.19. The van der Waals surface area contributed by atoms with Gasteiger partial charge in [-0.3, -0.25) is 20.6 Å². The van der Waals surface area contributed by atoms with Crippen molar-refractivity contribution in [3.8, 4) is 5.75 Å². The molecule has 10 nitrogen and oxygen atoms in total. The number of halogens is 1. The molecule has 0 unspecified atom stereocenters. The Bertz CT molecular complexity index is 1190. The van der Waals surface area contributed by atoms with Crippen LogP contribution in [0.4, 0.5) is 26.4 Å². The van der Waals surface area contributed by atoms with Gasteiger partial charge in [0.25, 0.3) is 0 Å². The Morgan fingerprint density at radius 2 is 2.12 bits per heavy atom. The first kappa shape index (κ1) is 23.2. The number of carbonyl (C=O) groups is 1. The van der Waals surface area contributed by atoms with Crippen LogP contribution in [0, 0.1) is 18.2 Å². The Morgan fingerprint density at radius 1 is 1.26 bits per heavy atom. The molecule has 1 aliphatic rings. The molecule has 1 fully saturated rings. The molecule has 34 heavy (non-hydrogen) atoms. The number of quaternary nitrogens is 1. The number of hydrogen-bond donors (Lipinski definition) is 4. The van der Waals surface area contributed by atoms with E-state index in [-0.39, 0.29) is 12.1 Å². The minimum absolute atomic E-state index is 0.307. The quantitative estimate of drug-likeness (QED) is 0.393. The van der Waals surface area contributed by atoms with Crippen molar-refractivity contribution < 1.29 is 19.2 Å². The molecule has 1 saturated heterocycles. The fraction of sp³-hybridized carbons (Fsp3) is 0.261. The van der Waals surface area contributed by atoms with Crippen molar-refractivity contribution >= 4 is 29.4 Å². The number of nitrogens with two attached hydrogens (primary N) is 1. The predicted octanol–water partition coefficient (Wildman–Crippen LogP) is 1.73. The number of aryl methyl sites for hydroxylation is 1. The molecule has 3 aromatic rings. The standard InChI is InChI=1S/C23H25FN8O2/c1-14-5-17(3-4-27-14)29-19-11-28-22(6-15(19)8-25)31-23(33)30-20-12-32(2)13-21(20)34-18-7-16(24)9-26-10-18/h3-11,20-21,25H,12-13H2,1-2H3,(H,27,29)(H2,28,30,31,33)/p+1/t20-,21-/m0/s1. The molecule has 2 amide bonds. The van der Waals surface area contributed by atoms with Gasteiger partial charge in [0.15, 0.2) is 5.69 Å². The number of carbonyl (C=O) groups excluding carboxylic acids is 1. The lowest BCUT2D eigenvalue weighted by molar-refractivity contribution is -0.479. The smallest absolute Gasteiger partial charge is 0.320 e. The van der Waals surface area contributed by atoms with Gasteiger partial charge in [0.2, 0.25) is 0 Å². The normalized spacial score (nSPS) is 17.9. The van der Waals surface area contributed by atoms with Gasteiger partial charge >= 0.3 is 6.03 Å². The van der Waals surface area contributed by atoms with Crippen molar-refractivity contribution in [2.24, 2.45) is 0 Å². The summed E-state index contributed by atoms with van der Waals surface area (Å²) in [5.41, 5.74) is 3.20. The first-order valence-corrected chi connectivity index (χ1v) is 10.7. The second kappa shape index (κ2) is 10.3. The van der Waals surface area contributed by atoms with Crippen molar-refractivity contribution in [1.29, 1.82) is 5.41 Å². The molecule has 3 aromatic heterocycles. The molecule has 5 N–H and O–H groups in total. The number of pyridine rings is 3. The van der Waals surface area contributed by atoms with Gasteiger partial charge in [-0.05, 0) is 20.0 Å².